The highest BCUT2D eigenvalue weighted by atomic mass is 32.2. The van der Waals surface area contributed by atoms with Gasteiger partial charge in [-0.2, -0.15) is 0 Å². The lowest BCUT2D eigenvalue weighted by Gasteiger charge is -2.36. The number of benzene rings is 7. The standard InChI is InChI=1S/C48H37NS/c1-2-33(23-22-32-29-50-45-20-8-6-13-36(32)45)49(34-24-21-30-11-3-4-12-31(30)27-34)35-25-26-38-40-16-10-18-42-41-17-9-15-39-37-14-5-7-19-43(37)48(46(39)41,47(40)42)44(38)28-35/h3-21,24-28,32-33H,2,22-23,29H2,1H3/t32-,33?,48?/m0/s1. The molecule has 0 bridgehead atoms. The molecule has 7 aromatic carbocycles. The molecule has 3 aliphatic carbocycles. The topological polar surface area (TPSA) is 3.24 Å². The first-order chi connectivity index (χ1) is 24.8. The Kier molecular flexibility index (Phi) is 6.17. The highest BCUT2D eigenvalue weighted by Crippen LogP contribution is 2.70. The van der Waals surface area contributed by atoms with E-state index < -0.39 is 0 Å². The van der Waals surface area contributed by atoms with E-state index in [0.717, 1.165) is 12.8 Å². The van der Waals surface area contributed by atoms with Crippen LogP contribution in [0.15, 0.2) is 150 Å². The second-order valence-corrected chi connectivity index (χ2v) is 15.6. The molecular formula is C48H37NS. The van der Waals surface area contributed by atoms with Crippen LogP contribution in [-0.2, 0) is 5.41 Å². The molecule has 0 N–H and O–H groups in total. The van der Waals surface area contributed by atoms with Gasteiger partial charge in [-0.25, -0.2) is 0 Å². The zero-order valence-electron chi connectivity index (χ0n) is 28.2. The highest BCUT2D eigenvalue weighted by Gasteiger charge is 2.57. The maximum atomic E-state index is 2.70. The third kappa shape index (κ3) is 3.75. The molecule has 0 saturated carbocycles. The Morgan fingerprint density at radius 3 is 2.02 bits per heavy atom. The van der Waals surface area contributed by atoms with Gasteiger partial charge in [-0.15, -0.1) is 11.8 Å². The van der Waals surface area contributed by atoms with E-state index >= 15 is 0 Å². The van der Waals surface area contributed by atoms with Crippen LogP contribution in [0.1, 0.15) is 59.9 Å². The SMILES string of the molecule is CCC(CC[C@H]1CSc2ccccc21)N(c1ccc2c(c1)C13c4ccccc4-c4cccc(c41)-c1cccc-2c13)c1ccc2ccccc2c1. The van der Waals surface area contributed by atoms with Gasteiger partial charge >= 0.3 is 0 Å². The largest absolute Gasteiger partial charge is 0.338 e. The quantitative estimate of drug-likeness (QED) is 0.167. The van der Waals surface area contributed by atoms with Gasteiger partial charge in [-0.3, -0.25) is 0 Å². The average molecular weight is 660 g/mol. The summed E-state index contributed by atoms with van der Waals surface area (Å²) in [7, 11) is 0. The predicted molar refractivity (Wildman–Crippen MR) is 211 cm³/mol. The van der Waals surface area contributed by atoms with Crippen molar-refractivity contribution >= 4 is 33.9 Å². The van der Waals surface area contributed by atoms with E-state index in [0.29, 0.717) is 12.0 Å². The summed E-state index contributed by atoms with van der Waals surface area (Å²) in [4.78, 5) is 4.17. The Balaban J connectivity index is 1.10. The summed E-state index contributed by atoms with van der Waals surface area (Å²) in [6.45, 7) is 2.39. The van der Waals surface area contributed by atoms with Gasteiger partial charge in [0.25, 0.3) is 0 Å². The molecule has 1 spiro atoms. The number of anilines is 2. The van der Waals surface area contributed by atoms with Crippen LogP contribution in [0.5, 0.6) is 0 Å². The fourth-order valence-electron chi connectivity index (χ4n) is 10.2. The van der Waals surface area contributed by atoms with Crippen LogP contribution in [0.2, 0.25) is 0 Å². The van der Waals surface area contributed by atoms with Crippen molar-refractivity contribution in [3.05, 3.63) is 173 Å². The fourth-order valence-corrected chi connectivity index (χ4v) is 11.5. The molecule has 2 unspecified atom stereocenters. The van der Waals surface area contributed by atoms with Gasteiger partial charge in [-0.1, -0.05) is 122 Å². The van der Waals surface area contributed by atoms with Gasteiger partial charge in [-0.05, 0) is 127 Å². The Labute approximate surface area is 298 Å². The number of hydrogen-bond acceptors (Lipinski definition) is 2. The molecule has 1 heterocycles. The third-order valence-electron chi connectivity index (χ3n) is 12.3. The van der Waals surface area contributed by atoms with Crippen molar-refractivity contribution in [2.24, 2.45) is 0 Å². The monoisotopic (exact) mass is 659 g/mol. The van der Waals surface area contributed by atoms with E-state index in [1.807, 2.05) is 11.8 Å². The van der Waals surface area contributed by atoms with Crippen LogP contribution in [0, 0.1) is 0 Å². The number of thioether (sulfide) groups is 1. The van der Waals surface area contributed by atoms with Crippen LogP contribution < -0.4 is 4.90 Å². The highest BCUT2D eigenvalue weighted by molar-refractivity contribution is 7.99. The summed E-state index contributed by atoms with van der Waals surface area (Å²) in [6, 6.07) is 56.0. The minimum Gasteiger partial charge on any atom is -0.338 e. The average Bonchev–Trinajstić information content (AvgIpc) is 3.90. The summed E-state index contributed by atoms with van der Waals surface area (Å²) in [5, 5.41) is 2.58. The minimum atomic E-state index is -0.276. The molecule has 7 aromatic rings. The Morgan fingerprint density at radius 1 is 0.600 bits per heavy atom. The van der Waals surface area contributed by atoms with Crippen LogP contribution in [0.25, 0.3) is 44.2 Å². The molecule has 0 saturated heterocycles. The molecule has 0 aromatic heterocycles. The number of nitrogens with zero attached hydrogens (tertiary/aromatic N) is 1. The van der Waals surface area contributed by atoms with Gasteiger partial charge in [0.2, 0.25) is 0 Å². The van der Waals surface area contributed by atoms with E-state index in [1.54, 1.807) is 5.56 Å². The zero-order valence-corrected chi connectivity index (χ0v) is 29.0. The van der Waals surface area contributed by atoms with Gasteiger partial charge in [0.1, 0.15) is 0 Å². The Morgan fingerprint density at radius 2 is 1.22 bits per heavy atom. The molecule has 50 heavy (non-hydrogen) atoms. The number of hydrogen-bond donors (Lipinski definition) is 0. The van der Waals surface area contributed by atoms with Gasteiger partial charge in [0.05, 0.1) is 5.41 Å². The Hall–Kier alpha value is -5.05. The van der Waals surface area contributed by atoms with Gasteiger partial charge in [0, 0.05) is 28.1 Å². The first-order valence-electron chi connectivity index (χ1n) is 18.3. The lowest BCUT2D eigenvalue weighted by atomic mass is 9.73. The molecule has 1 nitrogen and oxygen atoms in total. The molecule has 0 fully saturated rings. The first kappa shape index (κ1) is 28.8. The van der Waals surface area contributed by atoms with E-state index in [1.165, 1.54) is 94.9 Å². The van der Waals surface area contributed by atoms with Crippen molar-refractivity contribution in [2.75, 3.05) is 10.7 Å². The summed E-state index contributed by atoms with van der Waals surface area (Å²) in [5.41, 5.74) is 18.1. The molecule has 11 rings (SSSR count). The lowest BCUT2D eigenvalue weighted by molar-refractivity contribution is 0.525. The summed E-state index contributed by atoms with van der Waals surface area (Å²) >= 11 is 2.04. The second kappa shape index (κ2) is 10.7. The van der Waals surface area contributed by atoms with Crippen molar-refractivity contribution < 1.29 is 0 Å². The molecule has 4 aliphatic rings. The summed E-state index contributed by atoms with van der Waals surface area (Å²) in [5.74, 6) is 1.80. The minimum absolute atomic E-state index is 0.276. The molecule has 0 radical (unpaired) electrons. The van der Waals surface area contributed by atoms with Crippen LogP contribution in [0.4, 0.5) is 11.4 Å². The fraction of sp³-hybridized carbons (Fsp3) is 0.167. The van der Waals surface area contributed by atoms with Crippen molar-refractivity contribution in [3.63, 3.8) is 0 Å². The normalized spacial score (nSPS) is 18.8. The van der Waals surface area contributed by atoms with Crippen molar-refractivity contribution in [1.82, 2.24) is 0 Å². The predicted octanol–water partition coefficient (Wildman–Crippen LogP) is 12.8. The summed E-state index contributed by atoms with van der Waals surface area (Å²) in [6.07, 6.45) is 3.42. The summed E-state index contributed by atoms with van der Waals surface area (Å²) < 4.78 is 0. The number of fused-ring (bicyclic) bond motifs is 7. The van der Waals surface area contributed by atoms with Crippen LogP contribution in [-0.4, -0.2) is 11.8 Å². The zero-order chi connectivity index (χ0) is 33.0. The van der Waals surface area contributed by atoms with Gasteiger partial charge < -0.3 is 4.90 Å². The second-order valence-electron chi connectivity index (χ2n) is 14.6. The van der Waals surface area contributed by atoms with Crippen LogP contribution >= 0.6 is 11.8 Å². The van der Waals surface area contributed by atoms with Crippen molar-refractivity contribution in [3.8, 4) is 33.4 Å². The number of rotatable bonds is 7. The molecule has 1 aliphatic heterocycles. The van der Waals surface area contributed by atoms with Crippen molar-refractivity contribution in [1.29, 1.82) is 0 Å². The lowest BCUT2D eigenvalue weighted by Crippen LogP contribution is -2.31. The van der Waals surface area contributed by atoms with Crippen LogP contribution in [0.3, 0.4) is 0 Å². The maximum absolute atomic E-state index is 2.70. The third-order valence-corrected chi connectivity index (χ3v) is 13.5. The van der Waals surface area contributed by atoms with E-state index in [-0.39, 0.29) is 5.41 Å². The van der Waals surface area contributed by atoms with E-state index in [9.17, 15) is 0 Å². The molecule has 3 atom stereocenters. The van der Waals surface area contributed by atoms with Gasteiger partial charge in [0.15, 0.2) is 0 Å². The maximum Gasteiger partial charge on any atom is 0.0738 e. The first-order valence-corrected chi connectivity index (χ1v) is 19.3. The van der Waals surface area contributed by atoms with E-state index in [4.69, 9.17) is 0 Å². The Bertz CT molecular complexity index is 2490. The molecule has 2 heteroatoms. The molecule has 240 valence electrons. The molecule has 0 amide bonds. The van der Waals surface area contributed by atoms with E-state index in [2.05, 4.69) is 157 Å². The molecular weight excluding hydrogens is 623 g/mol. The van der Waals surface area contributed by atoms with Crippen molar-refractivity contribution in [2.45, 2.75) is 48.5 Å². The smallest absolute Gasteiger partial charge is 0.0738 e.